The Balaban J connectivity index is 1.67. The molecule has 3 rings (SSSR count). The summed E-state index contributed by atoms with van der Waals surface area (Å²) in [5, 5.41) is 6.67. The van der Waals surface area contributed by atoms with Gasteiger partial charge in [0.15, 0.2) is 11.5 Å². The van der Waals surface area contributed by atoms with Gasteiger partial charge in [-0.3, -0.25) is 9.59 Å². The lowest BCUT2D eigenvalue weighted by Gasteiger charge is -2.12. The first-order valence-corrected chi connectivity index (χ1v) is 10.5. The number of nitrogens with zero attached hydrogens (tertiary/aromatic N) is 1. The molecule has 0 aromatic heterocycles. The van der Waals surface area contributed by atoms with Crippen molar-refractivity contribution in [1.29, 1.82) is 0 Å². The number of hydrogen-bond acceptors (Lipinski definition) is 5. The summed E-state index contributed by atoms with van der Waals surface area (Å²) >= 11 is 3.50. The normalized spacial score (nSPS) is 10.6. The summed E-state index contributed by atoms with van der Waals surface area (Å²) in [5.74, 6) is 0.508. The maximum Gasteiger partial charge on any atom is 0.271 e. The van der Waals surface area contributed by atoms with E-state index < -0.39 is 5.91 Å². The van der Waals surface area contributed by atoms with Gasteiger partial charge >= 0.3 is 0 Å². The zero-order valence-corrected chi connectivity index (χ0v) is 19.2. The molecule has 3 aromatic rings. The summed E-state index contributed by atoms with van der Waals surface area (Å²) in [6, 6.07) is 20.0. The van der Waals surface area contributed by atoms with Gasteiger partial charge in [-0.1, -0.05) is 36.4 Å². The van der Waals surface area contributed by atoms with Gasteiger partial charge in [-0.25, -0.2) is 5.43 Å². The van der Waals surface area contributed by atoms with Crippen LogP contribution in [0, 0.1) is 0 Å². The number of hydrazone groups is 1. The number of methoxy groups -OCH3 is 1. The van der Waals surface area contributed by atoms with Gasteiger partial charge < -0.3 is 14.8 Å². The molecule has 0 heterocycles. The standard InChI is InChI=1S/C24H22BrN3O4/c1-16(29)27-20-10-6-9-18(11-20)24(30)28-26-14-19-12-22(31-2)23(13-21(19)25)32-15-17-7-4-3-5-8-17/h3-14H,15H2,1-2H3,(H,27,29)(H,28,30). The number of hydrogen-bond donors (Lipinski definition) is 2. The molecular weight excluding hydrogens is 474 g/mol. The number of benzene rings is 3. The SMILES string of the molecule is COc1cc(C=NNC(=O)c2cccc(NC(C)=O)c2)c(Br)cc1OCc1ccccc1. The Hall–Kier alpha value is -3.65. The zero-order valence-electron chi connectivity index (χ0n) is 17.6. The Labute approximate surface area is 194 Å². The van der Waals surface area contributed by atoms with Crippen molar-refractivity contribution in [2.45, 2.75) is 13.5 Å². The number of rotatable bonds is 8. The van der Waals surface area contributed by atoms with Gasteiger partial charge in [0.25, 0.3) is 5.91 Å². The van der Waals surface area contributed by atoms with E-state index in [0.717, 1.165) is 10.0 Å². The van der Waals surface area contributed by atoms with Crippen molar-refractivity contribution in [3.8, 4) is 11.5 Å². The van der Waals surface area contributed by atoms with Crippen molar-refractivity contribution in [3.63, 3.8) is 0 Å². The number of anilines is 1. The lowest BCUT2D eigenvalue weighted by molar-refractivity contribution is -0.114. The number of amides is 2. The third kappa shape index (κ3) is 6.42. The average Bonchev–Trinajstić information content (AvgIpc) is 2.79. The third-order valence-corrected chi connectivity index (χ3v) is 5.02. The fourth-order valence-electron chi connectivity index (χ4n) is 2.82. The molecule has 164 valence electrons. The van der Waals surface area contributed by atoms with Gasteiger partial charge in [-0.2, -0.15) is 5.10 Å². The van der Waals surface area contributed by atoms with Crippen molar-refractivity contribution < 1.29 is 19.1 Å². The lowest BCUT2D eigenvalue weighted by Crippen LogP contribution is -2.18. The van der Waals surface area contributed by atoms with Crippen LogP contribution in [0.5, 0.6) is 11.5 Å². The predicted octanol–water partition coefficient (Wildman–Crippen LogP) is 4.76. The maximum absolute atomic E-state index is 12.4. The number of carbonyl (C=O) groups excluding carboxylic acids is 2. The molecule has 0 radical (unpaired) electrons. The monoisotopic (exact) mass is 495 g/mol. The molecule has 0 unspecified atom stereocenters. The molecule has 8 heteroatoms. The van der Waals surface area contributed by atoms with E-state index in [2.05, 4.69) is 31.8 Å². The number of ether oxygens (including phenoxy) is 2. The minimum absolute atomic E-state index is 0.212. The highest BCUT2D eigenvalue weighted by atomic mass is 79.9. The second-order valence-electron chi connectivity index (χ2n) is 6.76. The van der Waals surface area contributed by atoms with Crippen LogP contribution in [0.25, 0.3) is 0 Å². The number of carbonyl (C=O) groups is 2. The van der Waals surface area contributed by atoms with Crippen LogP contribution in [0.1, 0.15) is 28.4 Å². The Morgan fingerprint density at radius 3 is 2.53 bits per heavy atom. The second kappa shape index (κ2) is 11.1. The lowest BCUT2D eigenvalue weighted by atomic mass is 10.2. The molecule has 0 aliphatic carbocycles. The minimum atomic E-state index is -0.403. The third-order valence-electron chi connectivity index (χ3n) is 4.33. The fourth-order valence-corrected chi connectivity index (χ4v) is 3.25. The summed E-state index contributed by atoms with van der Waals surface area (Å²) in [7, 11) is 1.56. The van der Waals surface area contributed by atoms with Crippen LogP contribution >= 0.6 is 15.9 Å². The molecule has 0 atom stereocenters. The first-order valence-electron chi connectivity index (χ1n) is 9.71. The summed E-state index contributed by atoms with van der Waals surface area (Å²) in [6.07, 6.45) is 1.50. The van der Waals surface area contributed by atoms with Crippen LogP contribution in [0.2, 0.25) is 0 Å². The quantitative estimate of drug-likeness (QED) is 0.348. The van der Waals surface area contributed by atoms with Gasteiger partial charge in [0.05, 0.1) is 13.3 Å². The Bertz CT molecular complexity index is 1130. The molecular formula is C24H22BrN3O4. The number of nitrogens with one attached hydrogen (secondary N) is 2. The largest absolute Gasteiger partial charge is 0.493 e. The highest BCUT2D eigenvalue weighted by Crippen LogP contribution is 2.33. The Kier molecular flexibility index (Phi) is 7.99. The second-order valence-corrected chi connectivity index (χ2v) is 7.61. The average molecular weight is 496 g/mol. The van der Waals surface area contributed by atoms with E-state index in [4.69, 9.17) is 9.47 Å². The van der Waals surface area contributed by atoms with E-state index in [-0.39, 0.29) is 5.91 Å². The first-order chi connectivity index (χ1) is 15.5. The molecule has 0 fully saturated rings. The van der Waals surface area contributed by atoms with Crippen molar-refractivity contribution in [1.82, 2.24) is 5.43 Å². The van der Waals surface area contributed by atoms with Crippen molar-refractivity contribution >= 4 is 39.6 Å². The molecule has 0 aliphatic rings. The van der Waals surface area contributed by atoms with Crippen LogP contribution < -0.4 is 20.2 Å². The minimum Gasteiger partial charge on any atom is -0.493 e. The van der Waals surface area contributed by atoms with E-state index in [1.165, 1.54) is 13.1 Å². The van der Waals surface area contributed by atoms with Crippen LogP contribution in [-0.4, -0.2) is 25.1 Å². The van der Waals surface area contributed by atoms with Crippen LogP contribution in [0.4, 0.5) is 5.69 Å². The molecule has 0 spiro atoms. The van der Waals surface area contributed by atoms with Crippen molar-refractivity contribution in [3.05, 3.63) is 87.9 Å². The predicted molar refractivity (Wildman–Crippen MR) is 127 cm³/mol. The highest BCUT2D eigenvalue weighted by Gasteiger charge is 2.10. The van der Waals surface area contributed by atoms with Crippen molar-refractivity contribution in [2.75, 3.05) is 12.4 Å². The summed E-state index contributed by atoms with van der Waals surface area (Å²) < 4.78 is 12.1. The Morgan fingerprint density at radius 1 is 1.03 bits per heavy atom. The van der Waals surface area contributed by atoms with Gasteiger partial charge in [0.1, 0.15) is 6.61 Å². The molecule has 7 nitrogen and oxygen atoms in total. The van der Waals surface area contributed by atoms with Crippen molar-refractivity contribution in [2.24, 2.45) is 5.10 Å². The van der Waals surface area contributed by atoms with Crippen LogP contribution in [-0.2, 0) is 11.4 Å². The fraction of sp³-hybridized carbons (Fsp3) is 0.125. The van der Waals surface area contributed by atoms with E-state index in [9.17, 15) is 9.59 Å². The van der Waals surface area contributed by atoms with E-state index >= 15 is 0 Å². The van der Waals surface area contributed by atoms with Gasteiger partial charge in [-0.15, -0.1) is 0 Å². The topological polar surface area (TPSA) is 89.0 Å². The van der Waals surface area contributed by atoms with E-state index in [0.29, 0.717) is 34.9 Å². The maximum atomic E-state index is 12.4. The van der Waals surface area contributed by atoms with Gasteiger partial charge in [0.2, 0.25) is 5.91 Å². The Morgan fingerprint density at radius 2 is 1.81 bits per heavy atom. The smallest absolute Gasteiger partial charge is 0.271 e. The summed E-state index contributed by atoms with van der Waals surface area (Å²) in [6.45, 7) is 1.81. The molecule has 0 aliphatic heterocycles. The first kappa shape index (κ1) is 23.0. The molecule has 2 N–H and O–H groups in total. The number of halogens is 1. The van der Waals surface area contributed by atoms with Gasteiger partial charge in [-0.05, 0) is 51.8 Å². The van der Waals surface area contributed by atoms with E-state index in [1.54, 1.807) is 43.5 Å². The molecule has 2 amide bonds. The van der Waals surface area contributed by atoms with Gasteiger partial charge in [0, 0.05) is 28.2 Å². The molecule has 0 saturated heterocycles. The molecule has 32 heavy (non-hydrogen) atoms. The summed E-state index contributed by atoms with van der Waals surface area (Å²) in [4.78, 5) is 23.5. The van der Waals surface area contributed by atoms with Crippen LogP contribution in [0.3, 0.4) is 0 Å². The summed E-state index contributed by atoms with van der Waals surface area (Å²) in [5.41, 5.74) is 5.12. The zero-order chi connectivity index (χ0) is 22.9. The molecule has 0 saturated carbocycles. The van der Waals surface area contributed by atoms with E-state index in [1.807, 2.05) is 30.3 Å². The van der Waals surface area contributed by atoms with Crippen LogP contribution in [0.15, 0.2) is 76.3 Å². The molecule has 0 bridgehead atoms. The highest BCUT2D eigenvalue weighted by molar-refractivity contribution is 9.10. The molecule has 3 aromatic carbocycles.